The van der Waals surface area contributed by atoms with E-state index in [9.17, 15) is 13.2 Å². The summed E-state index contributed by atoms with van der Waals surface area (Å²) in [5.74, 6) is 1.38. The highest BCUT2D eigenvalue weighted by molar-refractivity contribution is 7.89. The van der Waals surface area contributed by atoms with Crippen molar-refractivity contribution in [1.82, 2.24) is 4.31 Å². The zero-order valence-electron chi connectivity index (χ0n) is 19.4. The van der Waals surface area contributed by atoms with Gasteiger partial charge in [-0.05, 0) is 54.6 Å². The highest BCUT2D eigenvalue weighted by atomic mass is 32.2. The number of carbonyl (C=O) groups is 1. The number of hydrogen-bond acceptors (Lipinski definition) is 6. The Bertz CT molecular complexity index is 1190. The smallest absolute Gasteiger partial charge is 0.243 e. The van der Waals surface area contributed by atoms with Gasteiger partial charge in [0.1, 0.15) is 11.5 Å². The van der Waals surface area contributed by atoms with Crippen molar-refractivity contribution in [3.8, 4) is 17.2 Å². The van der Waals surface area contributed by atoms with E-state index in [2.05, 4.69) is 10.6 Å². The van der Waals surface area contributed by atoms with Crippen LogP contribution in [0.25, 0.3) is 0 Å². The highest BCUT2D eigenvalue weighted by Crippen LogP contribution is 2.32. The molecule has 0 aliphatic rings. The number of benzene rings is 3. The number of rotatable bonds is 11. The third-order valence-corrected chi connectivity index (χ3v) is 7.12. The van der Waals surface area contributed by atoms with Gasteiger partial charge >= 0.3 is 0 Å². The molecule has 0 saturated heterocycles. The molecule has 0 aliphatic carbocycles. The predicted molar refractivity (Wildman–Crippen MR) is 133 cm³/mol. The predicted octanol–water partition coefficient (Wildman–Crippen LogP) is 4.57. The minimum atomic E-state index is -3.68. The summed E-state index contributed by atoms with van der Waals surface area (Å²) >= 11 is 0. The van der Waals surface area contributed by atoms with Gasteiger partial charge in [0.2, 0.25) is 15.9 Å². The van der Waals surface area contributed by atoms with Gasteiger partial charge in [-0.1, -0.05) is 32.0 Å². The first-order valence-corrected chi connectivity index (χ1v) is 12.4. The lowest BCUT2D eigenvalue weighted by Gasteiger charge is -2.20. The second-order valence-electron chi connectivity index (χ2n) is 7.29. The van der Waals surface area contributed by atoms with Crippen molar-refractivity contribution in [2.24, 2.45) is 0 Å². The van der Waals surface area contributed by atoms with E-state index in [1.165, 1.54) is 16.4 Å². The molecule has 0 spiro atoms. The number of methoxy groups -OCH3 is 1. The summed E-state index contributed by atoms with van der Waals surface area (Å²) in [7, 11) is -2.11. The first-order chi connectivity index (χ1) is 16.4. The average Bonchev–Trinajstić information content (AvgIpc) is 2.85. The Labute approximate surface area is 200 Å². The molecule has 180 valence electrons. The number of nitrogens with one attached hydrogen (secondary N) is 2. The molecule has 0 bridgehead atoms. The number of carbonyl (C=O) groups excluding carboxylic acids is 1. The maximum absolute atomic E-state index is 13.0. The van der Waals surface area contributed by atoms with Crippen LogP contribution in [0.5, 0.6) is 17.2 Å². The molecule has 0 unspecified atom stereocenters. The molecule has 3 rings (SSSR count). The Hall–Kier alpha value is -3.56. The molecule has 0 aromatic heterocycles. The summed E-state index contributed by atoms with van der Waals surface area (Å²) < 4.78 is 38.5. The normalized spacial score (nSPS) is 11.2. The molecule has 34 heavy (non-hydrogen) atoms. The van der Waals surface area contributed by atoms with Gasteiger partial charge in [-0.2, -0.15) is 4.31 Å². The largest absolute Gasteiger partial charge is 0.497 e. The van der Waals surface area contributed by atoms with Crippen LogP contribution in [0.3, 0.4) is 0 Å². The lowest BCUT2D eigenvalue weighted by Crippen LogP contribution is -2.30. The Kier molecular flexibility index (Phi) is 8.50. The number of sulfonamides is 1. The molecule has 3 aromatic carbocycles. The third kappa shape index (κ3) is 6.27. The fourth-order valence-corrected chi connectivity index (χ4v) is 4.76. The lowest BCUT2D eigenvalue weighted by molar-refractivity contribution is -0.114. The van der Waals surface area contributed by atoms with Crippen LogP contribution in [0.2, 0.25) is 0 Å². The van der Waals surface area contributed by atoms with E-state index in [4.69, 9.17) is 9.47 Å². The van der Waals surface area contributed by atoms with Crippen molar-refractivity contribution in [2.45, 2.75) is 18.7 Å². The van der Waals surface area contributed by atoms with Crippen molar-refractivity contribution in [3.63, 3.8) is 0 Å². The molecule has 1 amide bonds. The quantitative estimate of drug-likeness (QED) is 0.415. The van der Waals surface area contributed by atoms with Crippen LogP contribution in [-0.2, 0) is 14.8 Å². The minimum Gasteiger partial charge on any atom is -0.497 e. The fraction of sp³-hybridized carbons (Fsp3) is 0.240. The molecular weight excluding hydrogens is 454 g/mol. The van der Waals surface area contributed by atoms with Crippen LogP contribution in [0.4, 0.5) is 11.4 Å². The first-order valence-electron chi connectivity index (χ1n) is 10.9. The van der Waals surface area contributed by atoms with Crippen LogP contribution in [0.15, 0.2) is 77.7 Å². The molecule has 9 heteroatoms. The van der Waals surface area contributed by atoms with Gasteiger partial charge in [-0.3, -0.25) is 4.79 Å². The van der Waals surface area contributed by atoms with Gasteiger partial charge in [0.05, 0.1) is 24.2 Å². The van der Waals surface area contributed by atoms with Gasteiger partial charge in [0.15, 0.2) is 5.75 Å². The second-order valence-corrected chi connectivity index (χ2v) is 9.23. The summed E-state index contributed by atoms with van der Waals surface area (Å²) in [5.41, 5.74) is 1.01. The van der Waals surface area contributed by atoms with Crippen molar-refractivity contribution in [1.29, 1.82) is 0 Å². The highest BCUT2D eigenvalue weighted by Gasteiger charge is 2.23. The molecule has 8 nitrogen and oxygen atoms in total. The molecular formula is C25H29N3O5S. The maximum atomic E-state index is 13.0. The van der Waals surface area contributed by atoms with Crippen LogP contribution in [0, 0.1) is 0 Å². The van der Waals surface area contributed by atoms with Crippen molar-refractivity contribution in [3.05, 3.63) is 72.8 Å². The molecule has 3 aromatic rings. The van der Waals surface area contributed by atoms with E-state index >= 15 is 0 Å². The van der Waals surface area contributed by atoms with E-state index in [-0.39, 0.29) is 17.3 Å². The summed E-state index contributed by atoms with van der Waals surface area (Å²) in [4.78, 5) is 12.6. The molecule has 0 radical (unpaired) electrons. The van der Waals surface area contributed by atoms with Crippen molar-refractivity contribution in [2.75, 3.05) is 37.4 Å². The number of ether oxygens (including phenoxy) is 2. The Morgan fingerprint density at radius 2 is 1.59 bits per heavy atom. The van der Waals surface area contributed by atoms with Gasteiger partial charge < -0.3 is 20.1 Å². The topological polar surface area (TPSA) is 97.0 Å². The van der Waals surface area contributed by atoms with Crippen LogP contribution in [-0.4, -0.2) is 45.4 Å². The van der Waals surface area contributed by atoms with E-state index in [1.807, 2.05) is 18.2 Å². The van der Waals surface area contributed by atoms with Crippen LogP contribution < -0.4 is 20.1 Å². The van der Waals surface area contributed by atoms with Gasteiger partial charge in [-0.25, -0.2) is 8.42 Å². The maximum Gasteiger partial charge on any atom is 0.243 e. The minimum absolute atomic E-state index is 0.0913. The third-order valence-electron chi connectivity index (χ3n) is 5.08. The molecule has 0 aliphatic heterocycles. The summed E-state index contributed by atoms with van der Waals surface area (Å²) in [5, 5.41) is 5.81. The number of para-hydroxylation sites is 1. The molecule has 0 atom stereocenters. The SMILES string of the molecule is CCN(CC)S(=O)(=O)c1ccc(Oc2ccccc2)c(NCC(=O)Nc2ccc(OC)cc2)c1. The molecule has 0 heterocycles. The standard InChI is InChI=1S/C25H29N3O5S/c1-4-28(5-2)34(30,31)22-15-16-24(33-21-9-7-6-8-10-21)23(17-22)26-18-25(29)27-19-11-13-20(32-3)14-12-19/h6-17,26H,4-5,18H2,1-3H3,(H,27,29). The molecule has 2 N–H and O–H groups in total. The van der Waals surface area contributed by atoms with E-state index in [1.54, 1.807) is 63.4 Å². The fourth-order valence-electron chi connectivity index (χ4n) is 3.28. The van der Waals surface area contributed by atoms with E-state index in [0.29, 0.717) is 41.7 Å². The van der Waals surface area contributed by atoms with E-state index < -0.39 is 10.0 Å². The number of anilines is 2. The Morgan fingerprint density at radius 1 is 0.912 bits per heavy atom. The van der Waals surface area contributed by atoms with E-state index in [0.717, 1.165) is 0 Å². The zero-order chi connectivity index (χ0) is 24.6. The van der Waals surface area contributed by atoms with Crippen molar-refractivity contribution < 1.29 is 22.7 Å². The summed E-state index contributed by atoms with van der Waals surface area (Å²) in [6.07, 6.45) is 0. The van der Waals surface area contributed by atoms with Gasteiger partial charge in [-0.15, -0.1) is 0 Å². The molecule has 0 saturated carbocycles. The number of amides is 1. The zero-order valence-corrected chi connectivity index (χ0v) is 20.3. The van der Waals surface area contributed by atoms with Crippen molar-refractivity contribution >= 4 is 27.3 Å². The monoisotopic (exact) mass is 483 g/mol. The number of hydrogen-bond donors (Lipinski definition) is 2. The van der Waals surface area contributed by atoms with Gasteiger partial charge in [0, 0.05) is 18.8 Å². The Morgan fingerprint density at radius 3 is 2.21 bits per heavy atom. The van der Waals surface area contributed by atoms with Gasteiger partial charge in [0.25, 0.3) is 0 Å². The second kappa shape index (κ2) is 11.5. The summed E-state index contributed by atoms with van der Waals surface area (Å²) in [6.45, 7) is 4.20. The summed E-state index contributed by atoms with van der Waals surface area (Å²) in [6, 6.07) is 20.7. The lowest BCUT2D eigenvalue weighted by atomic mass is 10.2. The van der Waals surface area contributed by atoms with Crippen LogP contribution in [0.1, 0.15) is 13.8 Å². The first kappa shape index (κ1) is 25.1. The number of nitrogens with zero attached hydrogens (tertiary/aromatic N) is 1. The average molecular weight is 484 g/mol. The van der Waals surface area contributed by atoms with Crippen LogP contribution >= 0.6 is 0 Å². The molecule has 0 fully saturated rings. The Balaban J connectivity index is 1.83.